The smallest absolute Gasteiger partial charge is 0.355 e. The predicted octanol–water partition coefficient (Wildman–Crippen LogP) is 4.79. The van der Waals surface area contributed by atoms with Crippen LogP contribution < -0.4 is 25.4 Å². The fourth-order valence-electron chi connectivity index (χ4n) is 6.30. The van der Waals surface area contributed by atoms with E-state index in [1.807, 2.05) is 29.4 Å². The molecule has 6 rings (SSSR count). The number of fused-ring (bicyclic) bond motifs is 2. The Labute approximate surface area is 301 Å². The van der Waals surface area contributed by atoms with Crippen molar-refractivity contribution in [3.8, 4) is 22.6 Å². The molecule has 1 saturated heterocycles. The monoisotopic (exact) mass is 709 g/mol. The maximum absolute atomic E-state index is 13.1. The van der Waals surface area contributed by atoms with E-state index in [-0.39, 0.29) is 43.4 Å². The van der Waals surface area contributed by atoms with Gasteiger partial charge in [-0.05, 0) is 62.2 Å². The fraction of sp³-hybridized carbons (Fsp3) is 0.342. The van der Waals surface area contributed by atoms with Crippen LogP contribution in [0.25, 0.3) is 11.1 Å². The minimum Gasteiger partial charge on any atom is -0.493 e. The number of methoxy groups -OCH3 is 1. The first-order valence-corrected chi connectivity index (χ1v) is 17.2. The van der Waals surface area contributed by atoms with Crippen molar-refractivity contribution < 1.29 is 33.4 Å². The van der Waals surface area contributed by atoms with Crippen LogP contribution in [0.3, 0.4) is 0 Å². The van der Waals surface area contributed by atoms with Crippen molar-refractivity contribution >= 4 is 47.0 Å². The van der Waals surface area contributed by atoms with E-state index in [0.29, 0.717) is 65.0 Å². The Bertz CT molecular complexity index is 2000. The summed E-state index contributed by atoms with van der Waals surface area (Å²) in [4.78, 5) is 57.8. The first-order valence-electron chi connectivity index (χ1n) is 17.2. The zero-order valence-corrected chi connectivity index (χ0v) is 29.7. The second-order valence-electron chi connectivity index (χ2n) is 12.7. The van der Waals surface area contributed by atoms with E-state index in [9.17, 15) is 19.2 Å². The van der Waals surface area contributed by atoms with E-state index >= 15 is 0 Å². The summed E-state index contributed by atoms with van der Waals surface area (Å²) in [6, 6.07) is 14.1. The molecule has 4 aromatic rings. The summed E-state index contributed by atoms with van der Waals surface area (Å²) in [5, 5.41) is 8.68. The lowest BCUT2D eigenvalue weighted by molar-refractivity contribution is -0.116. The average molecular weight is 710 g/mol. The number of anilines is 2. The Morgan fingerprint density at radius 2 is 1.69 bits per heavy atom. The standard InChI is InChI=1S/C38H43N7O7/c1-39-13-16-52-38(49)32-17-25(22-43(32)2)24-9-11-26(12-10-24)42-36(47)31-18-27(23-44(31)3)41-35(46)8-6-15-51-34-20-30-29(19-33(34)50-4)37(48)45-14-5-7-28(45)21-40-30/h9-12,17-23,28,39H,5-8,13-16H2,1-4H3,(H,41,46)(H,42,47). The van der Waals surface area contributed by atoms with Crippen LogP contribution in [0.4, 0.5) is 17.1 Å². The number of benzene rings is 2. The molecule has 4 heterocycles. The number of carbonyl (C=O) groups is 4. The van der Waals surface area contributed by atoms with E-state index in [0.717, 1.165) is 24.0 Å². The first kappa shape index (κ1) is 35.9. The van der Waals surface area contributed by atoms with Crippen molar-refractivity contribution in [1.82, 2.24) is 19.4 Å². The average Bonchev–Trinajstić information content (AvgIpc) is 3.85. The SMILES string of the molecule is CNCCOC(=O)c1cc(-c2ccc(NC(=O)c3cc(NC(=O)CCCOc4cc5c(cc4OC)C(=O)N4CCCC4C=N5)cn3C)cc2)cn1C. The molecule has 2 aliphatic heterocycles. The molecule has 272 valence electrons. The Morgan fingerprint density at radius 1 is 0.904 bits per heavy atom. The van der Waals surface area contributed by atoms with Crippen molar-refractivity contribution in [2.75, 3.05) is 51.1 Å². The van der Waals surface area contributed by atoms with Gasteiger partial charge < -0.3 is 44.2 Å². The van der Waals surface area contributed by atoms with Crippen molar-refractivity contribution in [3.63, 3.8) is 0 Å². The molecular formula is C38H43N7O7. The number of aromatic nitrogens is 2. The van der Waals surface area contributed by atoms with Crippen molar-refractivity contribution in [1.29, 1.82) is 0 Å². The third-order valence-electron chi connectivity index (χ3n) is 9.06. The maximum Gasteiger partial charge on any atom is 0.355 e. The number of aryl methyl sites for hydroxylation is 2. The lowest BCUT2D eigenvalue weighted by Crippen LogP contribution is -2.35. The molecule has 14 heteroatoms. The van der Waals surface area contributed by atoms with E-state index < -0.39 is 5.97 Å². The number of carbonyl (C=O) groups excluding carboxylic acids is 4. The number of nitrogens with zero attached hydrogens (tertiary/aromatic N) is 4. The number of rotatable bonds is 14. The van der Waals surface area contributed by atoms with Crippen LogP contribution >= 0.6 is 0 Å². The molecule has 2 aliphatic rings. The second-order valence-corrected chi connectivity index (χ2v) is 12.7. The summed E-state index contributed by atoms with van der Waals surface area (Å²) in [5.74, 6) is -0.135. The number of aliphatic imine (C=N–C) groups is 1. The summed E-state index contributed by atoms with van der Waals surface area (Å²) < 4.78 is 20.1. The Morgan fingerprint density at radius 3 is 2.46 bits per heavy atom. The van der Waals surface area contributed by atoms with Gasteiger partial charge in [-0.2, -0.15) is 0 Å². The number of hydrogen-bond donors (Lipinski definition) is 3. The molecule has 52 heavy (non-hydrogen) atoms. The molecule has 3 N–H and O–H groups in total. The summed E-state index contributed by atoms with van der Waals surface area (Å²) >= 11 is 0. The topological polar surface area (TPSA) is 158 Å². The zero-order valence-electron chi connectivity index (χ0n) is 29.7. The van der Waals surface area contributed by atoms with Gasteiger partial charge in [0.15, 0.2) is 11.5 Å². The van der Waals surface area contributed by atoms with Gasteiger partial charge >= 0.3 is 5.97 Å². The number of nitrogens with one attached hydrogen (secondary N) is 3. The van der Waals surface area contributed by atoms with Crippen LogP contribution in [0.2, 0.25) is 0 Å². The molecule has 2 aromatic heterocycles. The zero-order chi connectivity index (χ0) is 36.8. The highest BCUT2D eigenvalue weighted by molar-refractivity contribution is 6.05. The highest BCUT2D eigenvalue weighted by Crippen LogP contribution is 2.38. The van der Waals surface area contributed by atoms with Crippen molar-refractivity contribution in [2.45, 2.75) is 31.7 Å². The Hall–Kier alpha value is -5.89. The lowest BCUT2D eigenvalue weighted by atomic mass is 10.1. The molecule has 0 aliphatic carbocycles. The molecule has 0 spiro atoms. The Kier molecular flexibility index (Phi) is 11.0. The lowest BCUT2D eigenvalue weighted by Gasteiger charge is -2.20. The molecule has 0 saturated carbocycles. The van der Waals surface area contributed by atoms with Gasteiger partial charge in [-0.3, -0.25) is 19.4 Å². The van der Waals surface area contributed by atoms with E-state index in [1.165, 1.54) is 7.11 Å². The van der Waals surface area contributed by atoms with E-state index in [1.54, 1.807) is 72.9 Å². The highest BCUT2D eigenvalue weighted by atomic mass is 16.5. The van der Waals surface area contributed by atoms with Gasteiger partial charge in [-0.1, -0.05) is 12.1 Å². The van der Waals surface area contributed by atoms with Crippen LogP contribution in [-0.4, -0.2) is 90.4 Å². The minimum absolute atomic E-state index is 0.00572. The van der Waals surface area contributed by atoms with Crippen LogP contribution in [0, 0.1) is 0 Å². The van der Waals surface area contributed by atoms with Gasteiger partial charge in [0.2, 0.25) is 5.91 Å². The van der Waals surface area contributed by atoms with Gasteiger partial charge in [0.25, 0.3) is 11.8 Å². The van der Waals surface area contributed by atoms with Crippen molar-refractivity contribution in [3.05, 3.63) is 77.9 Å². The largest absolute Gasteiger partial charge is 0.493 e. The van der Waals surface area contributed by atoms with Gasteiger partial charge in [0.05, 0.1) is 36.7 Å². The summed E-state index contributed by atoms with van der Waals surface area (Å²) in [5.41, 5.74) is 4.64. The summed E-state index contributed by atoms with van der Waals surface area (Å²) in [6.45, 7) is 1.80. The Balaban J connectivity index is 0.989. The highest BCUT2D eigenvalue weighted by Gasteiger charge is 2.32. The third kappa shape index (κ3) is 8.02. The quantitative estimate of drug-likeness (QED) is 0.125. The molecule has 1 atom stereocenters. The number of amides is 3. The molecule has 1 unspecified atom stereocenters. The van der Waals surface area contributed by atoms with Crippen LogP contribution in [-0.2, 0) is 23.6 Å². The number of hydrogen-bond acceptors (Lipinski definition) is 9. The number of esters is 1. The van der Waals surface area contributed by atoms with Gasteiger partial charge in [0, 0.05) is 69.5 Å². The second kappa shape index (κ2) is 16.0. The maximum atomic E-state index is 13.1. The van der Waals surface area contributed by atoms with Gasteiger partial charge in [-0.25, -0.2) is 4.79 Å². The van der Waals surface area contributed by atoms with Gasteiger partial charge in [-0.15, -0.1) is 0 Å². The van der Waals surface area contributed by atoms with Crippen LogP contribution in [0.1, 0.15) is 57.0 Å². The van der Waals surface area contributed by atoms with Crippen LogP contribution in [0.5, 0.6) is 11.5 Å². The van der Waals surface area contributed by atoms with E-state index in [2.05, 4.69) is 20.9 Å². The third-order valence-corrected chi connectivity index (χ3v) is 9.06. The predicted molar refractivity (Wildman–Crippen MR) is 197 cm³/mol. The summed E-state index contributed by atoms with van der Waals surface area (Å²) in [7, 11) is 6.83. The normalized spacial score (nSPS) is 14.7. The molecule has 14 nitrogen and oxygen atoms in total. The molecule has 1 fully saturated rings. The number of likely N-dealkylation sites (N-methyl/N-ethyl adjacent to an activating group) is 1. The minimum atomic E-state index is -0.395. The van der Waals surface area contributed by atoms with Gasteiger partial charge in [0.1, 0.15) is 18.0 Å². The van der Waals surface area contributed by atoms with Crippen LogP contribution in [0.15, 0.2) is 65.9 Å². The fourth-order valence-corrected chi connectivity index (χ4v) is 6.30. The summed E-state index contributed by atoms with van der Waals surface area (Å²) in [6.07, 6.45) is 7.81. The molecule has 3 amide bonds. The molecular weight excluding hydrogens is 666 g/mol. The molecule has 2 aromatic carbocycles. The van der Waals surface area contributed by atoms with Crippen molar-refractivity contribution in [2.24, 2.45) is 19.1 Å². The molecule has 0 bridgehead atoms. The molecule has 0 radical (unpaired) electrons. The first-order chi connectivity index (χ1) is 25.1. The number of ether oxygens (including phenoxy) is 3. The van der Waals surface area contributed by atoms with E-state index in [4.69, 9.17) is 14.2 Å².